The number of halogens is 1. The molecule has 6 heteroatoms. The molecule has 1 atom stereocenters. The van der Waals surface area contributed by atoms with Crippen molar-refractivity contribution in [3.8, 4) is 0 Å². The fourth-order valence-electron chi connectivity index (χ4n) is 3.00. The highest BCUT2D eigenvalue weighted by molar-refractivity contribution is 9.10. The van der Waals surface area contributed by atoms with Crippen LogP contribution in [0, 0.1) is 6.92 Å². The van der Waals surface area contributed by atoms with Gasteiger partial charge in [-0.05, 0) is 59.6 Å². The summed E-state index contributed by atoms with van der Waals surface area (Å²) < 4.78 is 0.910. The van der Waals surface area contributed by atoms with Gasteiger partial charge in [-0.15, -0.1) is 0 Å². The molecule has 3 rings (SSSR count). The maximum absolute atomic E-state index is 12.6. The third-order valence-corrected chi connectivity index (χ3v) is 5.25. The summed E-state index contributed by atoms with van der Waals surface area (Å²) in [5.41, 5.74) is 1.97. The van der Waals surface area contributed by atoms with E-state index in [0.29, 0.717) is 0 Å². The van der Waals surface area contributed by atoms with E-state index in [2.05, 4.69) is 36.0 Å². The van der Waals surface area contributed by atoms with Gasteiger partial charge in [0.1, 0.15) is 5.82 Å². The van der Waals surface area contributed by atoms with Gasteiger partial charge in [-0.1, -0.05) is 12.1 Å². The first kappa shape index (κ1) is 17.9. The Morgan fingerprint density at radius 2 is 1.96 bits per heavy atom. The number of nitrogens with one attached hydrogen (secondary N) is 1. The van der Waals surface area contributed by atoms with Crippen LogP contribution in [0.15, 0.2) is 47.1 Å². The van der Waals surface area contributed by atoms with Gasteiger partial charge in [0.05, 0.1) is 11.7 Å². The lowest BCUT2D eigenvalue weighted by Crippen LogP contribution is -2.53. The number of hydrogen-bond acceptors (Lipinski definition) is 4. The largest absolute Gasteiger partial charge is 0.354 e. The van der Waals surface area contributed by atoms with Gasteiger partial charge in [-0.2, -0.15) is 0 Å². The summed E-state index contributed by atoms with van der Waals surface area (Å²) in [6, 6.07) is 11.7. The Bertz CT molecular complexity index is 729. The van der Waals surface area contributed by atoms with E-state index in [4.69, 9.17) is 0 Å². The fourth-order valence-corrected chi connectivity index (χ4v) is 3.60. The minimum absolute atomic E-state index is 0.0239. The number of carbonyl (C=O) groups excluding carboxylic acids is 1. The van der Waals surface area contributed by atoms with Crippen molar-refractivity contribution in [1.29, 1.82) is 0 Å². The molecule has 25 heavy (non-hydrogen) atoms. The molecule has 1 amide bonds. The maximum Gasteiger partial charge on any atom is 0.241 e. The van der Waals surface area contributed by atoms with Crippen molar-refractivity contribution in [2.45, 2.75) is 19.9 Å². The number of benzene rings is 1. The van der Waals surface area contributed by atoms with Crippen molar-refractivity contribution in [3.05, 3.63) is 52.6 Å². The first-order valence-electron chi connectivity index (χ1n) is 8.51. The summed E-state index contributed by atoms with van der Waals surface area (Å²) in [6.07, 6.45) is 1.82. The first-order chi connectivity index (χ1) is 12.0. The quantitative estimate of drug-likeness (QED) is 0.851. The van der Waals surface area contributed by atoms with Crippen molar-refractivity contribution < 1.29 is 4.79 Å². The summed E-state index contributed by atoms with van der Waals surface area (Å²) in [7, 11) is 0. The highest BCUT2D eigenvalue weighted by Crippen LogP contribution is 2.24. The SMILES string of the molecule is Cc1ccc(NC(=O)[C@H](C)N2CCN(c3ccccn3)CC2)c(Br)c1. The van der Waals surface area contributed by atoms with Gasteiger partial charge in [0.2, 0.25) is 5.91 Å². The summed E-state index contributed by atoms with van der Waals surface area (Å²) in [5.74, 6) is 1.03. The molecule has 1 aromatic carbocycles. The molecule has 0 radical (unpaired) electrons. The Kier molecular flexibility index (Phi) is 5.71. The number of rotatable bonds is 4. The molecule has 0 saturated carbocycles. The van der Waals surface area contributed by atoms with Crippen molar-refractivity contribution >= 4 is 33.3 Å². The highest BCUT2D eigenvalue weighted by atomic mass is 79.9. The molecule has 5 nitrogen and oxygen atoms in total. The van der Waals surface area contributed by atoms with Crippen molar-refractivity contribution in [1.82, 2.24) is 9.88 Å². The van der Waals surface area contributed by atoms with Gasteiger partial charge >= 0.3 is 0 Å². The summed E-state index contributed by atoms with van der Waals surface area (Å²) in [5, 5.41) is 3.02. The van der Waals surface area contributed by atoms with Gasteiger partial charge in [-0.25, -0.2) is 4.98 Å². The van der Waals surface area contributed by atoms with Crippen LogP contribution in [0.25, 0.3) is 0 Å². The molecule has 0 unspecified atom stereocenters. The summed E-state index contributed by atoms with van der Waals surface area (Å²) in [6.45, 7) is 7.44. The smallest absolute Gasteiger partial charge is 0.241 e. The maximum atomic E-state index is 12.6. The molecule has 1 aliphatic heterocycles. The highest BCUT2D eigenvalue weighted by Gasteiger charge is 2.26. The van der Waals surface area contributed by atoms with Crippen LogP contribution < -0.4 is 10.2 Å². The molecular weight excluding hydrogens is 380 g/mol. The van der Waals surface area contributed by atoms with E-state index < -0.39 is 0 Å². The predicted molar refractivity (Wildman–Crippen MR) is 105 cm³/mol. The van der Waals surface area contributed by atoms with E-state index in [0.717, 1.165) is 47.7 Å². The second-order valence-electron chi connectivity index (χ2n) is 6.36. The molecule has 1 aliphatic rings. The Morgan fingerprint density at radius 3 is 2.60 bits per heavy atom. The number of pyridine rings is 1. The number of aromatic nitrogens is 1. The van der Waals surface area contributed by atoms with E-state index in [9.17, 15) is 4.79 Å². The van der Waals surface area contributed by atoms with Crippen molar-refractivity contribution in [2.75, 3.05) is 36.4 Å². The summed E-state index contributed by atoms with van der Waals surface area (Å²) >= 11 is 3.51. The second-order valence-corrected chi connectivity index (χ2v) is 7.21. The van der Waals surface area contributed by atoms with Gasteiger partial charge in [0.15, 0.2) is 0 Å². The Hall–Kier alpha value is -1.92. The molecule has 0 aliphatic carbocycles. The fraction of sp³-hybridized carbons (Fsp3) is 0.368. The van der Waals surface area contributed by atoms with Crippen LogP contribution in [0.4, 0.5) is 11.5 Å². The van der Waals surface area contributed by atoms with Crippen molar-refractivity contribution in [3.63, 3.8) is 0 Å². The zero-order chi connectivity index (χ0) is 17.8. The van der Waals surface area contributed by atoms with Crippen LogP contribution in [0.2, 0.25) is 0 Å². The monoisotopic (exact) mass is 402 g/mol. The molecule has 2 heterocycles. The van der Waals surface area contributed by atoms with Crippen LogP contribution in [0.3, 0.4) is 0 Å². The predicted octanol–water partition coefficient (Wildman–Crippen LogP) is 3.30. The first-order valence-corrected chi connectivity index (χ1v) is 9.31. The lowest BCUT2D eigenvalue weighted by molar-refractivity contribution is -0.120. The molecule has 1 N–H and O–H groups in total. The minimum Gasteiger partial charge on any atom is -0.354 e. The third-order valence-electron chi connectivity index (χ3n) is 4.60. The van der Waals surface area contributed by atoms with E-state index in [1.54, 1.807) is 0 Å². The molecular formula is C19H23BrN4O. The molecule has 0 bridgehead atoms. The molecule has 1 aromatic heterocycles. The number of nitrogens with zero attached hydrogens (tertiary/aromatic N) is 3. The Morgan fingerprint density at radius 1 is 1.20 bits per heavy atom. The third kappa shape index (κ3) is 4.38. The average molecular weight is 403 g/mol. The zero-order valence-corrected chi connectivity index (χ0v) is 16.2. The van der Waals surface area contributed by atoms with Crippen molar-refractivity contribution in [2.24, 2.45) is 0 Å². The molecule has 1 fully saturated rings. The number of hydrogen-bond donors (Lipinski definition) is 1. The van der Waals surface area contributed by atoms with Gasteiger partial charge < -0.3 is 10.2 Å². The molecule has 2 aromatic rings. The Balaban J connectivity index is 1.56. The van der Waals surface area contributed by atoms with Crippen LogP contribution in [-0.4, -0.2) is 48.0 Å². The van der Waals surface area contributed by atoms with E-state index in [1.807, 2.05) is 56.4 Å². The number of carbonyl (C=O) groups is 1. The second kappa shape index (κ2) is 7.97. The molecule has 1 saturated heterocycles. The average Bonchev–Trinajstić information content (AvgIpc) is 2.64. The van der Waals surface area contributed by atoms with Gasteiger partial charge in [-0.3, -0.25) is 9.69 Å². The number of aryl methyl sites for hydroxylation is 1. The van der Waals surface area contributed by atoms with Crippen LogP contribution in [-0.2, 0) is 4.79 Å². The number of amides is 1. The van der Waals surface area contributed by atoms with E-state index in [1.165, 1.54) is 0 Å². The number of anilines is 2. The minimum atomic E-state index is -0.168. The molecule has 0 spiro atoms. The van der Waals surface area contributed by atoms with E-state index in [-0.39, 0.29) is 11.9 Å². The van der Waals surface area contributed by atoms with Crippen LogP contribution in [0.1, 0.15) is 12.5 Å². The topological polar surface area (TPSA) is 48.5 Å². The van der Waals surface area contributed by atoms with Crippen LogP contribution in [0.5, 0.6) is 0 Å². The van der Waals surface area contributed by atoms with E-state index >= 15 is 0 Å². The van der Waals surface area contributed by atoms with Crippen LogP contribution >= 0.6 is 15.9 Å². The standard InChI is InChI=1S/C19H23BrN4O/c1-14-6-7-17(16(20)13-14)22-19(25)15(2)23-9-11-24(12-10-23)18-5-3-4-8-21-18/h3-8,13,15H,9-12H2,1-2H3,(H,22,25)/t15-/m0/s1. The lowest BCUT2D eigenvalue weighted by Gasteiger charge is -2.38. The normalized spacial score (nSPS) is 16.5. The number of piperazine rings is 1. The van der Waals surface area contributed by atoms with Gasteiger partial charge in [0, 0.05) is 36.8 Å². The summed E-state index contributed by atoms with van der Waals surface area (Å²) in [4.78, 5) is 21.5. The zero-order valence-electron chi connectivity index (χ0n) is 14.6. The molecule has 132 valence electrons. The van der Waals surface area contributed by atoms with Gasteiger partial charge in [0.25, 0.3) is 0 Å². The lowest BCUT2D eigenvalue weighted by atomic mass is 10.2. The Labute approximate surface area is 157 Å².